The van der Waals surface area contributed by atoms with Crippen LogP contribution in [0.2, 0.25) is 5.02 Å². The van der Waals surface area contributed by atoms with Crippen LogP contribution in [0.25, 0.3) is 0 Å². The zero-order chi connectivity index (χ0) is 13.3. The minimum absolute atomic E-state index is 0.113. The summed E-state index contributed by atoms with van der Waals surface area (Å²) in [6.45, 7) is 0.457. The maximum absolute atomic E-state index is 12.2. The molecule has 18 heavy (non-hydrogen) atoms. The van der Waals surface area contributed by atoms with Gasteiger partial charge in [-0.05, 0) is 24.6 Å². The van der Waals surface area contributed by atoms with Gasteiger partial charge in [0.2, 0.25) is 10.0 Å². The van der Waals surface area contributed by atoms with Crippen LogP contribution in [0.5, 0.6) is 5.75 Å². The van der Waals surface area contributed by atoms with Gasteiger partial charge in [-0.25, -0.2) is 8.42 Å². The highest BCUT2D eigenvalue weighted by Crippen LogP contribution is 2.29. The summed E-state index contributed by atoms with van der Waals surface area (Å²) in [6, 6.07) is 4.33. The number of aliphatic hydroxyl groups excluding tert-OH is 1. The van der Waals surface area contributed by atoms with E-state index in [4.69, 9.17) is 16.3 Å². The maximum Gasteiger partial charge on any atom is 0.243 e. The first-order valence-corrected chi connectivity index (χ1v) is 7.28. The second-order valence-corrected chi connectivity index (χ2v) is 6.45. The van der Waals surface area contributed by atoms with Crippen LogP contribution >= 0.6 is 11.6 Å². The van der Waals surface area contributed by atoms with E-state index in [0.717, 1.165) is 0 Å². The Bertz CT molecular complexity index is 546. The third kappa shape index (κ3) is 2.47. The molecule has 0 radical (unpaired) electrons. The monoisotopic (exact) mass is 291 g/mol. The fraction of sp³-hybridized carbons (Fsp3) is 0.455. The Morgan fingerprint density at radius 2 is 2.22 bits per heavy atom. The van der Waals surface area contributed by atoms with E-state index in [1.165, 1.54) is 29.6 Å². The number of hydrogen-bond acceptors (Lipinski definition) is 4. The number of halogens is 1. The summed E-state index contributed by atoms with van der Waals surface area (Å²) < 4.78 is 30.7. The van der Waals surface area contributed by atoms with Crippen LogP contribution in [0.15, 0.2) is 23.1 Å². The highest BCUT2D eigenvalue weighted by Gasteiger charge is 2.31. The van der Waals surface area contributed by atoms with Crippen molar-refractivity contribution >= 4 is 21.6 Å². The minimum atomic E-state index is -3.59. The summed E-state index contributed by atoms with van der Waals surface area (Å²) in [4.78, 5) is 0.113. The molecular weight excluding hydrogens is 278 g/mol. The second kappa shape index (κ2) is 5.05. The molecule has 1 saturated heterocycles. The largest absolute Gasteiger partial charge is 0.495 e. The summed E-state index contributed by atoms with van der Waals surface area (Å²) in [5, 5.41) is 9.64. The van der Waals surface area contributed by atoms with Gasteiger partial charge >= 0.3 is 0 Å². The average Bonchev–Trinajstić information content (AvgIpc) is 2.76. The van der Waals surface area contributed by atoms with Gasteiger partial charge in [-0.3, -0.25) is 0 Å². The molecule has 0 aliphatic carbocycles. The molecule has 1 fully saturated rings. The second-order valence-electron chi connectivity index (χ2n) is 4.10. The molecule has 1 N–H and O–H groups in total. The Morgan fingerprint density at radius 3 is 2.72 bits per heavy atom. The number of aliphatic hydroxyl groups is 1. The fourth-order valence-electron chi connectivity index (χ4n) is 1.89. The number of rotatable bonds is 3. The molecule has 1 heterocycles. The van der Waals surface area contributed by atoms with Gasteiger partial charge in [0.05, 0.1) is 23.1 Å². The van der Waals surface area contributed by atoms with E-state index < -0.39 is 16.1 Å². The van der Waals surface area contributed by atoms with Crippen molar-refractivity contribution in [1.29, 1.82) is 0 Å². The lowest BCUT2D eigenvalue weighted by atomic mass is 10.3. The highest BCUT2D eigenvalue weighted by atomic mass is 35.5. The maximum atomic E-state index is 12.2. The smallest absolute Gasteiger partial charge is 0.243 e. The number of ether oxygens (including phenoxy) is 1. The summed E-state index contributed by atoms with van der Waals surface area (Å²) in [5.41, 5.74) is 0. The lowest BCUT2D eigenvalue weighted by molar-refractivity contribution is 0.189. The number of methoxy groups -OCH3 is 1. The van der Waals surface area contributed by atoms with Crippen molar-refractivity contribution in [3.63, 3.8) is 0 Å². The van der Waals surface area contributed by atoms with Gasteiger partial charge in [0.15, 0.2) is 0 Å². The molecule has 100 valence electrons. The Morgan fingerprint density at radius 1 is 1.50 bits per heavy atom. The molecule has 0 amide bonds. The van der Waals surface area contributed by atoms with Crippen LogP contribution in [-0.4, -0.2) is 44.1 Å². The predicted octanol–water partition coefficient (Wildman–Crippen LogP) is 1.10. The standard InChI is InChI=1S/C11H14ClNO4S/c1-17-11-3-2-9(6-10(11)12)18(15,16)13-5-4-8(14)7-13/h2-3,6,8,14H,4-5,7H2,1H3/t8-/m0/s1. The molecule has 5 nitrogen and oxygen atoms in total. The van der Waals surface area contributed by atoms with E-state index in [1.807, 2.05) is 0 Å². The Hall–Kier alpha value is -0.820. The minimum Gasteiger partial charge on any atom is -0.495 e. The zero-order valence-electron chi connectivity index (χ0n) is 9.84. The molecule has 1 atom stereocenters. The summed E-state index contributed by atoms with van der Waals surface area (Å²) in [7, 11) is -2.12. The highest BCUT2D eigenvalue weighted by molar-refractivity contribution is 7.89. The fourth-order valence-corrected chi connectivity index (χ4v) is 3.73. The van der Waals surface area contributed by atoms with Gasteiger partial charge < -0.3 is 9.84 Å². The lowest BCUT2D eigenvalue weighted by Gasteiger charge is -2.16. The number of sulfonamides is 1. The van der Waals surface area contributed by atoms with Gasteiger partial charge in [-0.2, -0.15) is 4.31 Å². The van der Waals surface area contributed by atoms with Crippen LogP contribution in [0.4, 0.5) is 0 Å². The Labute approximate surface area is 111 Å². The zero-order valence-corrected chi connectivity index (χ0v) is 11.4. The molecule has 0 spiro atoms. The van der Waals surface area contributed by atoms with Crippen molar-refractivity contribution in [1.82, 2.24) is 4.31 Å². The van der Waals surface area contributed by atoms with Crippen LogP contribution < -0.4 is 4.74 Å². The summed E-state index contributed by atoms with van der Waals surface area (Å²) in [6.07, 6.45) is -0.128. The average molecular weight is 292 g/mol. The van der Waals surface area contributed by atoms with E-state index in [0.29, 0.717) is 18.7 Å². The molecule has 7 heteroatoms. The first-order valence-electron chi connectivity index (χ1n) is 5.47. The third-order valence-electron chi connectivity index (χ3n) is 2.89. The molecule has 2 rings (SSSR count). The summed E-state index contributed by atoms with van der Waals surface area (Å²) >= 11 is 5.91. The van der Waals surface area contributed by atoms with Crippen molar-refractivity contribution in [2.45, 2.75) is 17.4 Å². The van der Waals surface area contributed by atoms with Gasteiger partial charge in [0.25, 0.3) is 0 Å². The van der Waals surface area contributed by atoms with E-state index in [1.54, 1.807) is 0 Å². The summed E-state index contributed by atoms with van der Waals surface area (Å²) in [5.74, 6) is 0.428. The first-order chi connectivity index (χ1) is 8.45. The van der Waals surface area contributed by atoms with Crippen LogP contribution in [-0.2, 0) is 10.0 Å². The molecule has 1 aliphatic heterocycles. The van der Waals surface area contributed by atoms with Crippen molar-refractivity contribution in [2.75, 3.05) is 20.2 Å². The predicted molar refractivity (Wildman–Crippen MR) is 67.4 cm³/mol. The molecule has 0 aromatic heterocycles. The first kappa shape index (κ1) is 13.6. The molecule has 1 aromatic rings. The number of nitrogens with zero attached hydrogens (tertiary/aromatic N) is 1. The van der Waals surface area contributed by atoms with Crippen LogP contribution in [0.3, 0.4) is 0 Å². The lowest BCUT2D eigenvalue weighted by Crippen LogP contribution is -2.29. The van der Waals surface area contributed by atoms with Crippen LogP contribution in [0, 0.1) is 0 Å². The quantitative estimate of drug-likeness (QED) is 0.906. The van der Waals surface area contributed by atoms with Gasteiger partial charge in [-0.1, -0.05) is 11.6 Å². The van der Waals surface area contributed by atoms with E-state index in [2.05, 4.69) is 0 Å². The molecule has 0 bridgehead atoms. The van der Waals surface area contributed by atoms with Crippen LogP contribution in [0.1, 0.15) is 6.42 Å². The van der Waals surface area contributed by atoms with Gasteiger partial charge in [0, 0.05) is 13.1 Å². The normalized spacial score (nSPS) is 21.2. The number of benzene rings is 1. The molecule has 1 aromatic carbocycles. The van der Waals surface area contributed by atoms with E-state index in [9.17, 15) is 13.5 Å². The topological polar surface area (TPSA) is 66.8 Å². The Balaban J connectivity index is 2.33. The van der Waals surface area contributed by atoms with Crippen molar-refractivity contribution in [2.24, 2.45) is 0 Å². The number of β-amino-alcohol motifs (C(OH)–C–C–N with tert-alkyl or cyclic N) is 1. The van der Waals surface area contributed by atoms with E-state index >= 15 is 0 Å². The van der Waals surface area contributed by atoms with Gasteiger partial charge in [-0.15, -0.1) is 0 Å². The molecular formula is C11H14ClNO4S. The molecule has 0 unspecified atom stereocenters. The van der Waals surface area contributed by atoms with Crippen molar-refractivity contribution in [3.8, 4) is 5.75 Å². The van der Waals surface area contributed by atoms with Gasteiger partial charge in [0.1, 0.15) is 5.75 Å². The van der Waals surface area contributed by atoms with Crippen molar-refractivity contribution < 1.29 is 18.3 Å². The van der Waals surface area contributed by atoms with Crippen molar-refractivity contribution in [3.05, 3.63) is 23.2 Å². The SMILES string of the molecule is COc1ccc(S(=O)(=O)N2CC[C@H](O)C2)cc1Cl. The molecule has 1 aliphatic rings. The molecule has 0 saturated carbocycles. The number of hydrogen-bond donors (Lipinski definition) is 1. The van der Waals surface area contributed by atoms with E-state index in [-0.39, 0.29) is 16.5 Å². The third-order valence-corrected chi connectivity index (χ3v) is 5.04. The Kier molecular flexibility index (Phi) is 3.82.